The number of methoxy groups -OCH3 is 1. The van der Waals surface area contributed by atoms with Gasteiger partial charge in [-0.25, -0.2) is 8.78 Å². The highest BCUT2D eigenvalue weighted by atomic mass is 19.3. The summed E-state index contributed by atoms with van der Waals surface area (Å²) in [5.74, 6) is 0.688. The van der Waals surface area contributed by atoms with Crippen LogP contribution in [0.5, 0.6) is 5.75 Å². The molecule has 0 bridgehead atoms. The Morgan fingerprint density at radius 1 is 1.13 bits per heavy atom. The van der Waals surface area contributed by atoms with E-state index in [1.165, 1.54) is 0 Å². The van der Waals surface area contributed by atoms with Crippen LogP contribution in [0.1, 0.15) is 18.0 Å². The summed E-state index contributed by atoms with van der Waals surface area (Å²) in [4.78, 5) is 2.15. The first-order valence-electron chi connectivity index (χ1n) is 7.99. The number of rotatable bonds is 5. The molecule has 1 aliphatic rings. The first kappa shape index (κ1) is 16.1. The summed E-state index contributed by atoms with van der Waals surface area (Å²) in [5.41, 5.74) is 0.882. The van der Waals surface area contributed by atoms with E-state index in [2.05, 4.69) is 10.2 Å². The fraction of sp³-hybridized carbons (Fsp3) is 0.444. The van der Waals surface area contributed by atoms with Crippen LogP contribution in [0.15, 0.2) is 36.4 Å². The van der Waals surface area contributed by atoms with Crippen molar-refractivity contribution in [2.75, 3.05) is 33.3 Å². The molecule has 3 rings (SSSR count). The van der Waals surface area contributed by atoms with Gasteiger partial charge in [0, 0.05) is 44.2 Å². The molecule has 1 heterocycles. The van der Waals surface area contributed by atoms with Crippen LogP contribution in [0.25, 0.3) is 10.8 Å². The number of nitrogens with zero attached hydrogens (tertiary/aromatic N) is 1. The summed E-state index contributed by atoms with van der Waals surface area (Å²) in [6.45, 7) is 3.19. The average molecular weight is 320 g/mol. The van der Waals surface area contributed by atoms with E-state index in [-0.39, 0.29) is 12.5 Å². The zero-order chi connectivity index (χ0) is 16.2. The number of alkyl halides is 2. The zero-order valence-corrected chi connectivity index (χ0v) is 13.3. The Bertz CT molecular complexity index is 657. The number of halogens is 2. The van der Waals surface area contributed by atoms with Gasteiger partial charge in [0.15, 0.2) is 0 Å². The largest absolute Gasteiger partial charge is 0.496 e. The van der Waals surface area contributed by atoms with Crippen molar-refractivity contribution < 1.29 is 13.5 Å². The molecule has 2 aromatic rings. The predicted molar refractivity (Wildman–Crippen MR) is 88.3 cm³/mol. The van der Waals surface area contributed by atoms with E-state index >= 15 is 0 Å². The molecule has 0 aromatic heterocycles. The molecule has 0 radical (unpaired) electrons. The van der Waals surface area contributed by atoms with Crippen LogP contribution in [0.3, 0.4) is 0 Å². The van der Waals surface area contributed by atoms with E-state index in [4.69, 9.17) is 4.74 Å². The van der Waals surface area contributed by atoms with Gasteiger partial charge in [-0.1, -0.05) is 30.3 Å². The number of fused-ring (bicyclic) bond motifs is 1. The van der Waals surface area contributed by atoms with Gasteiger partial charge < -0.3 is 10.1 Å². The monoisotopic (exact) mass is 320 g/mol. The molecular formula is C18H22F2N2O. The van der Waals surface area contributed by atoms with Crippen molar-refractivity contribution in [3.63, 3.8) is 0 Å². The van der Waals surface area contributed by atoms with Gasteiger partial charge in [0.05, 0.1) is 7.11 Å². The first-order chi connectivity index (χ1) is 11.2. The molecule has 0 amide bonds. The number of piperazine rings is 1. The Kier molecular flexibility index (Phi) is 5.08. The second-order valence-corrected chi connectivity index (χ2v) is 5.83. The Hall–Kier alpha value is -1.72. The van der Waals surface area contributed by atoms with Gasteiger partial charge in [-0.05, 0) is 16.8 Å². The summed E-state index contributed by atoms with van der Waals surface area (Å²) in [7, 11) is 1.60. The van der Waals surface area contributed by atoms with Crippen LogP contribution in [0, 0.1) is 0 Å². The lowest BCUT2D eigenvalue weighted by Crippen LogP contribution is -2.45. The van der Waals surface area contributed by atoms with E-state index < -0.39 is 6.43 Å². The third kappa shape index (κ3) is 3.46. The Labute approximate surface area is 135 Å². The molecule has 1 fully saturated rings. The smallest absolute Gasteiger partial charge is 0.240 e. The number of benzene rings is 2. The van der Waals surface area contributed by atoms with Gasteiger partial charge in [0.25, 0.3) is 0 Å². The fourth-order valence-corrected chi connectivity index (χ4v) is 3.41. The molecule has 2 aromatic carbocycles. The zero-order valence-electron chi connectivity index (χ0n) is 13.3. The number of nitrogens with one attached hydrogen (secondary N) is 1. The van der Waals surface area contributed by atoms with Gasteiger partial charge in [0.1, 0.15) is 5.75 Å². The van der Waals surface area contributed by atoms with Crippen LogP contribution in [0.4, 0.5) is 8.78 Å². The van der Waals surface area contributed by atoms with Crippen LogP contribution < -0.4 is 10.1 Å². The standard InChI is InChI=1S/C18H22F2N2O/c1-23-16-7-6-13-4-2-3-5-14(13)18(16)15(12-17(19)20)22-10-8-21-9-11-22/h2-7,15,17,21H,8-12H2,1H3/t15-/m0/s1. The summed E-state index contributed by atoms with van der Waals surface area (Å²) in [6.07, 6.45) is -2.52. The third-order valence-electron chi connectivity index (χ3n) is 4.48. The minimum absolute atomic E-state index is 0.176. The van der Waals surface area contributed by atoms with Gasteiger partial charge in [0.2, 0.25) is 6.43 Å². The van der Waals surface area contributed by atoms with Crippen molar-refractivity contribution in [3.8, 4) is 5.75 Å². The topological polar surface area (TPSA) is 24.5 Å². The summed E-state index contributed by atoms with van der Waals surface area (Å²) in [6, 6.07) is 11.4. The molecule has 3 nitrogen and oxygen atoms in total. The number of ether oxygens (including phenoxy) is 1. The van der Waals surface area contributed by atoms with Gasteiger partial charge >= 0.3 is 0 Å². The Morgan fingerprint density at radius 3 is 2.57 bits per heavy atom. The highest BCUT2D eigenvalue weighted by Gasteiger charge is 2.29. The normalized spacial score (nSPS) is 17.6. The molecule has 0 aliphatic carbocycles. The number of hydrogen-bond donors (Lipinski definition) is 1. The highest BCUT2D eigenvalue weighted by Crippen LogP contribution is 2.39. The molecule has 124 valence electrons. The Balaban J connectivity index is 2.11. The minimum Gasteiger partial charge on any atom is -0.496 e. The molecule has 5 heteroatoms. The second-order valence-electron chi connectivity index (χ2n) is 5.83. The number of hydrogen-bond acceptors (Lipinski definition) is 3. The SMILES string of the molecule is COc1ccc2ccccc2c1[C@H](CC(F)F)N1CCNCC1. The minimum atomic E-state index is -2.35. The van der Waals surface area contributed by atoms with E-state index in [1.54, 1.807) is 7.11 Å². The van der Waals surface area contributed by atoms with Crippen LogP contribution in [0.2, 0.25) is 0 Å². The molecule has 23 heavy (non-hydrogen) atoms. The molecule has 1 aliphatic heterocycles. The van der Waals surface area contributed by atoms with E-state index in [1.807, 2.05) is 36.4 Å². The van der Waals surface area contributed by atoms with Crippen molar-refractivity contribution in [2.24, 2.45) is 0 Å². The van der Waals surface area contributed by atoms with Crippen molar-refractivity contribution in [3.05, 3.63) is 42.0 Å². The van der Waals surface area contributed by atoms with Crippen molar-refractivity contribution >= 4 is 10.8 Å². The Morgan fingerprint density at radius 2 is 1.87 bits per heavy atom. The fourth-order valence-electron chi connectivity index (χ4n) is 3.41. The summed E-state index contributed by atoms with van der Waals surface area (Å²) in [5, 5.41) is 5.33. The predicted octanol–water partition coefficient (Wildman–Crippen LogP) is 3.45. The van der Waals surface area contributed by atoms with Crippen molar-refractivity contribution in [1.29, 1.82) is 0 Å². The van der Waals surface area contributed by atoms with E-state index in [0.717, 1.165) is 42.5 Å². The van der Waals surface area contributed by atoms with Crippen LogP contribution >= 0.6 is 0 Å². The van der Waals surface area contributed by atoms with Gasteiger partial charge in [-0.2, -0.15) is 0 Å². The van der Waals surface area contributed by atoms with Gasteiger partial charge in [-0.15, -0.1) is 0 Å². The average Bonchev–Trinajstić information content (AvgIpc) is 2.59. The van der Waals surface area contributed by atoms with E-state index in [9.17, 15) is 8.78 Å². The first-order valence-corrected chi connectivity index (χ1v) is 7.99. The maximum Gasteiger partial charge on any atom is 0.240 e. The quantitative estimate of drug-likeness (QED) is 0.913. The second kappa shape index (κ2) is 7.23. The molecule has 1 N–H and O–H groups in total. The molecule has 0 saturated carbocycles. The molecule has 1 saturated heterocycles. The maximum absolute atomic E-state index is 13.3. The lowest BCUT2D eigenvalue weighted by Gasteiger charge is -2.36. The summed E-state index contributed by atoms with van der Waals surface area (Å²) >= 11 is 0. The molecule has 0 spiro atoms. The lowest BCUT2D eigenvalue weighted by molar-refractivity contribution is 0.0735. The highest BCUT2D eigenvalue weighted by molar-refractivity contribution is 5.88. The molecule has 1 atom stereocenters. The van der Waals surface area contributed by atoms with Crippen molar-refractivity contribution in [2.45, 2.75) is 18.9 Å². The van der Waals surface area contributed by atoms with E-state index in [0.29, 0.717) is 5.75 Å². The van der Waals surface area contributed by atoms with Crippen LogP contribution in [-0.4, -0.2) is 44.6 Å². The van der Waals surface area contributed by atoms with Crippen molar-refractivity contribution in [1.82, 2.24) is 10.2 Å². The maximum atomic E-state index is 13.3. The van der Waals surface area contributed by atoms with Crippen LogP contribution in [-0.2, 0) is 0 Å². The lowest BCUT2D eigenvalue weighted by atomic mass is 9.94. The molecule has 0 unspecified atom stereocenters. The molecular weight excluding hydrogens is 298 g/mol. The van der Waals surface area contributed by atoms with Gasteiger partial charge in [-0.3, -0.25) is 4.90 Å². The third-order valence-corrected chi connectivity index (χ3v) is 4.48. The summed E-state index contributed by atoms with van der Waals surface area (Å²) < 4.78 is 32.1.